The summed E-state index contributed by atoms with van der Waals surface area (Å²) < 4.78 is 31.7. The fourth-order valence-electron chi connectivity index (χ4n) is 6.17. The summed E-state index contributed by atoms with van der Waals surface area (Å²) in [6, 6.07) is 6.48. The van der Waals surface area contributed by atoms with E-state index in [4.69, 9.17) is 19.2 Å². The van der Waals surface area contributed by atoms with E-state index in [0.29, 0.717) is 17.9 Å². The van der Waals surface area contributed by atoms with Gasteiger partial charge in [0.2, 0.25) is 0 Å². The van der Waals surface area contributed by atoms with Crippen molar-refractivity contribution >= 4 is 11.8 Å². The van der Waals surface area contributed by atoms with E-state index in [2.05, 4.69) is 11.4 Å². The summed E-state index contributed by atoms with van der Waals surface area (Å²) in [6.07, 6.45) is 10.6. The minimum absolute atomic E-state index is 0.0106. The molecule has 0 spiro atoms. The van der Waals surface area contributed by atoms with Gasteiger partial charge >= 0.3 is 5.97 Å². The Morgan fingerprint density at radius 2 is 2.05 bits per heavy atom. The second-order valence-corrected chi connectivity index (χ2v) is 11.8. The molecule has 1 aromatic carbocycles. The number of pyridine rings is 1. The van der Waals surface area contributed by atoms with Gasteiger partial charge in [0.15, 0.2) is 0 Å². The third kappa shape index (κ3) is 9.14. The number of anilines is 1. The molecule has 1 saturated carbocycles. The Hall–Kier alpha value is -2.71. The fourth-order valence-corrected chi connectivity index (χ4v) is 6.17. The van der Waals surface area contributed by atoms with E-state index in [9.17, 15) is 14.3 Å². The highest BCUT2D eigenvalue weighted by Crippen LogP contribution is 2.35. The number of fused-ring (bicyclic) bond motifs is 1. The Morgan fingerprint density at radius 3 is 2.83 bits per heavy atom. The molecule has 2 N–H and O–H groups in total. The fraction of sp³-hybridized carbons (Fsp3) is 0.636. The molecule has 0 radical (unpaired) electrons. The first-order chi connectivity index (χ1) is 19.8. The summed E-state index contributed by atoms with van der Waals surface area (Å²) in [4.78, 5) is 17.1. The van der Waals surface area contributed by atoms with Crippen molar-refractivity contribution in [1.29, 1.82) is 0 Å². The second kappa shape index (κ2) is 15.5. The Labute approximate surface area is 244 Å². The van der Waals surface area contributed by atoms with Crippen LogP contribution in [0.2, 0.25) is 0 Å². The quantitative estimate of drug-likeness (QED) is 0.222. The molecular formula is C33H47FN2O5. The Kier molecular flexibility index (Phi) is 11.8. The van der Waals surface area contributed by atoms with Gasteiger partial charge in [0.25, 0.3) is 0 Å². The van der Waals surface area contributed by atoms with Crippen LogP contribution in [0.5, 0.6) is 5.75 Å². The van der Waals surface area contributed by atoms with Crippen molar-refractivity contribution in [2.45, 2.75) is 109 Å². The van der Waals surface area contributed by atoms with Gasteiger partial charge in [-0.3, -0.25) is 4.79 Å². The SMILES string of the molecule is COc1cc(CCCCO[C@@H]2CCCC(CCC(C(=O)O)c3cc(F)ccc3COC(C)C)C2)nc2c1CCCN2. The number of methoxy groups -OCH3 is 1. The normalized spacial score (nSPS) is 19.4. The van der Waals surface area contributed by atoms with Crippen molar-refractivity contribution in [2.75, 3.05) is 25.6 Å². The summed E-state index contributed by atoms with van der Waals surface area (Å²) in [7, 11) is 1.72. The molecule has 2 heterocycles. The standard InChI is InChI=1S/C33H47FN2O5/c1-22(2)41-21-24-13-14-25(34)19-30(24)28(33(37)38)15-12-23-8-6-10-27(18-23)40-17-5-4-9-26-20-31(39-3)29-11-7-16-35-32(29)36-26/h13-14,19-20,22-23,27-28H,4-12,15-18,21H2,1-3H3,(H,35,36)(H,37,38)/t23?,27-,28?/m1/s1. The number of carboxylic acids is 1. The lowest BCUT2D eigenvalue weighted by molar-refractivity contribution is -0.139. The molecular weight excluding hydrogens is 523 g/mol. The van der Waals surface area contributed by atoms with Crippen molar-refractivity contribution < 1.29 is 28.5 Å². The van der Waals surface area contributed by atoms with Crippen LogP contribution in [0, 0.1) is 11.7 Å². The average molecular weight is 571 g/mol. The molecule has 1 aliphatic carbocycles. The lowest BCUT2D eigenvalue weighted by Gasteiger charge is -2.30. The Morgan fingerprint density at radius 1 is 1.20 bits per heavy atom. The maximum Gasteiger partial charge on any atom is 0.310 e. The van der Waals surface area contributed by atoms with Gasteiger partial charge < -0.3 is 24.6 Å². The summed E-state index contributed by atoms with van der Waals surface area (Å²) in [5, 5.41) is 13.4. The predicted octanol–water partition coefficient (Wildman–Crippen LogP) is 7.06. The number of aryl methyl sites for hydroxylation is 1. The van der Waals surface area contributed by atoms with Gasteiger partial charge in [-0.25, -0.2) is 9.37 Å². The Bertz CT molecular complexity index is 1120. The monoisotopic (exact) mass is 570 g/mol. The minimum atomic E-state index is -0.910. The van der Waals surface area contributed by atoms with Gasteiger partial charge in [-0.1, -0.05) is 18.9 Å². The van der Waals surface area contributed by atoms with Crippen LogP contribution in [-0.4, -0.2) is 48.5 Å². The highest BCUT2D eigenvalue weighted by atomic mass is 19.1. The van der Waals surface area contributed by atoms with Gasteiger partial charge in [0, 0.05) is 30.5 Å². The number of aliphatic carboxylic acids is 1. The van der Waals surface area contributed by atoms with E-state index < -0.39 is 17.7 Å². The van der Waals surface area contributed by atoms with Gasteiger partial charge in [0.1, 0.15) is 17.4 Å². The molecule has 7 nitrogen and oxygen atoms in total. The van der Waals surface area contributed by atoms with E-state index in [1.54, 1.807) is 13.2 Å². The minimum Gasteiger partial charge on any atom is -0.496 e. The number of hydrogen-bond donors (Lipinski definition) is 2. The molecule has 2 aromatic rings. The zero-order chi connectivity index (χ0) is 29.2. The maximum absolute atomic E-state index is 14.1. The van der Waals surface area contributed by atoms with Crippen LogP contribution in [0.1, 0.15) is 99.9 Å². The Balaban J connectivity index is 1.23. The van der Waals surface area contributed by atoms with E-state index in [1.807, 2.05) is 13.8 Å². The zero-order valence-corrected chi connectivity index (χ0v) is 24.9. The van der Waals surface area contributed by atoms with Crippen LogP contribution in [0.3, 0.4) is 0 Å². The molecule has 2 aliphatic rings. The zero-order valence-electron chi connectivity index (χ0n) is 24.9. The number of halogens is 1. The van der Waals surface area contributed by atoms with Crippen LogP contribution in [0.4, 0.5) is 10.2 Å². The number of ether oxygens (including phenoxy) is 3. The molecule has 0 amide bonds. The van der Waals surface area contributed by atoms with Crippen molar-refractivity contribution in [2.24, 2.45) is 5.92 Å². The lowest BCUT2D eigenvalue weighted by Crippen LogP contribution is -2.24. The summed E-state index contributed by atoms with van der Waals surface area (Å²) in [5.41, 5.74) is 3.52. The van der Waals surface area contributed by atoms with E-state index in [1.165, 1.54) is 17.7 Å². The number of carboxylic acid groups (broad SMARTS) is 1. The summed E-state index contributed by atoms with van der Waals surface area (Å²) in [5.74, 6) is 0.251. The summed E-state index contributed by atoms with van der Waals surface area (Å²) >= 11 is 0. The molecule has 226 valence electrons. The maximum atomic E-state index is 14.1. The number of nitrogens with zero attached hydrogens (tertiary/aromatic N) is 1. The van der Waals surface area contributed by atoms with Crippen LogP contribution >= 0.6 is 0 Å². The first kappa shape index (κ1) is 31.2. The van der Waals surface area contributed by atoms with Crippen molar-refractivity contribution in [1.82, 2.24) is 4.98 Å². The van der Waals surface area contributed by atoms with Gasteiger partial charge in [0.05, 0.1) is 31.8 Å². The molecule has 0 saturated heterocycles. The van der Waals surface area contributed by atoms with Gasteiger partial charge in [-0.05, 0) is 101 Å². The third-order valence-corrected chi connectivity index (χ3v) is 8.38. The molecule has 1 aliphatic heterocycles. The van der Waals surface area contributed by atoms with E-state index >= 15 is 0 Å². The second-order valence-electron chi connectivity index (χ2n) is 11.8. The van der Waals surface area contributed by atoms with Crippen LogP contribution in [0.15, 0.2) is 24.3 Å². The van der Waals surface area contributed by atoms with Crippen molar-refractivity contribution in [3.05, 3.63) is 52.5 Å². The predicted molar refractivity (Wildman–Crippen MR) is 158 cm³/mol. The number of hydrogen-bond acceptors (Lipinski definition) is 6. The van der Waals surface area contributed by atoms with Gasteiger partial charge in [-0.2, -0.15) is 0 Å². The van der Waals surface area contributed by atoms with Crippen molar-refractivity contribution in [3.63, 3.8) is 0 Å². The highest BCUT2D eigenvalue weighted by molar-refractivity contribution is 5.76. The molecule has 4 rings (SSSR count). The number of carbonyl (C=O) groups is 1. The first-order valence-corrected chi connectivity index (χ1v) is 15.4. The van der Waals surface area contributed by atoms with Gasteiger partial charge in [-0.15, -0.1) is 0 Å². The third-order valence-electron chi connectivity index (χ3n) is 8.38. The topological polar surface area (TPSA) is 89.9 Å². The number of rotatable bonds is 15. The van der Waals surface area contributed by atoms with E-state index in [0.717, 1.165) is 100 Å². The molecule has 1 aromatic heterocycles. The first-order valence-electron chi connectivity index (χ1n) is 15.4. The van der Waals surface area contributed by atoms with Crippen molar-refractivity contribution in [3.8, 4) is 5.75 Å². The van der Waals surface area contributed by atoms with E-state index in [-0.39, 0.29) is 18.8 Å². The molecule has 41 heavy (non-hydrogen) atoms. The molecule has 2 unspecified atom stereocenters. The number of unbranched alkanes of at least 4 members (excludes halogenated alkanes) is 1. The van der Waals surface area contributed by atoms with Crippen LogP contribution < -0.4 is 10.1 Å². The average Bonchev–Trinajstić information content (AvgIpc) is 2.96. The summed E-state index contributed by atoms with van der Waals surface area (Å²) in [6.45, 7) is 5.82. The number of aromatic nitrogens is 1. The largest absolute Gasteiger partial charge is 0.496 e. The van der Waals surface area contributed by atoms with Crippen LogP contribution in [0.25, 0.3) is 0 Å². The molecule has 1 fully saturated rings. The lowest BCUT2D eigenvalue weighted by atomic mass is 9.81. The molecule has 8 heteroatoms. The molecule has 3 atom stereocenters. The highest BCUT2D eigenvalue weighted by Gasteiger charge is 2.28. The molecule has 0 bridgehead atoms. The smallest absolute Gasteiger partial charge is 0.310 e. The number of nitrogens with one attached hydrogen (secondary N) is 1. The number of benzene rings is 1. The van der Waals surface area contributed by atoms with Crippen LogP contribution in [-0.2, 0) is 33.7 Å².